The number of phenols is 1. The predicted molar refractivity (Wildman–Crippen MR) is 81.0 cm³/mol. The average Bonchev–Trinajstić information content (AvgIpc) is 2.82. The van der Waals surface area contributed by atoms with E-state index in [-0.39, 0.29) is 5.75 Å². The quantitative estimate of drug-likeness (QED) is 0.848. The highest BCUT2D eigenvalue weighted by atomic mass is 32.1. The number of nitrogens with zero attached hydrogens (tertiary/aromatic N) is 2. The van der Waals surface area contributed by atoms with E-state index in [2.05, 4.69) is 11.1 Å². The molecule has 100 valence electrons. The molecule has 4 heteroatoms. The molecule has 1 aromatic carbocycles. The van der Waals surface area contributed by atoms with E-state index >= 15 is 0 Å². The molecule has 1 heterocycles. The molecule has 0 spiro atoms. The first-order valence-electron chi connectivity index (χ1n) is 6.65. The summed E-state index contributed by atoms with van der Waals surface area (Å²) < 4.78 is 0. The van der Waals surface area contributed by atoms with Crippen molar-refractivity contribution >= 4 is 22.6 Å². The van der Waals surface area contributed by atoms with Gasteiger partial charge in [-0.05, 0) is 48.9 Å². The fraction of sp³-hybridized carbons (Fsp3) is 0.250. The lowest BCUT2D eigenvalue weighted by molar-refractivity contribution is 0.475. The van der Waals surface area contributed by atoms with Gasteiger partial charge in [-0.3, -0.25) is 0 Å². The molecule has 0 bridgehead atoms. The monoisotopic (exact) mass is 282 g/mol. The summed E-state index contributed by atoms with van der Waals surface area (Å²) in [6.07, 6.45) is 6.13. The molecule has 2 aromatic rings. The lowest BCUT2D eigenvalue weighted by Crippen LogP contribution is -1.99. The summed E-state index contributed by atoms with van der Waals surface area (Å²) in [4.78, 5) is 5.77. The van der Waals surface area contributed by atoms with Crippen molar-refractivity contribution in [2.75, 3.05) is 0 Å². The summed E-state index contributed by atoms with van der Waals surface area (Å²) in [5.41, 5.74) is 2.77. The molecule has 0 saturated heterocycles. The molecule has 3 rings (SSSR count). The number of aryl methyl sites for hydroxylation is 1. The molecule has 0 saturated carbocycles. The van der Waals surface area contributed by atoms with Gasteiger partial charge in [0.15, 0.2) is 0 Å². The largest absolute Gasteiger partial charge is 0.508 e. The SMILES string of the molecule is N#Cc1c(N=Cc2cccc(O)c2)sc2c1CCCC2. The van der Waals surface area contributed by atoms with Gasteiger partial charge in [-0.25, -0.2) is 4.99 Å². The Labute approximate surface area is 121 Å². The van der Waals surface area contributed by atoms with Crippen molar-refractivity contribution in [1.29, 1.82) is 5.26 Å². The maximum Gasteiger partial charge on any atom is 0.134 e. The minimum absolute atomic E-state index is 0.222. The third kappa shape index (κ3) is 2.45. The molecule has 1 aliphatic carbocycles. The lowest BCUT2D eigenvalue weighted by atomic mass is 9.96. The van der Waals surface area contributed by atoms with Crippen LogP contribution in [0.15, 0.2) is 29.3 Å². The maximum absolute atomic E-state index is 9.43. The Morgan fingerprint density at radius 2 is 2.15 bits per heavy atom. The summed E-state index contributed by atoms with van der Waals surface area (Å²) >= 11 is 1.63. The second kappa shape index (κ2) is 5.48. The zero-order chi connectivity index (χ0) is 13.9. The van der Waals surface area contributed by atoms with Crippen LogP contribution in [0.2, 0.25) is 0 Å². The van der Waals surface area contributed by atoms with Crippen molar-refractivity contribution in [2.24, 2.45) is 4.99 Å². The van der Waals surface area contributed by atoms with Gasteiger partial charge in [0, 0.05) is 11.1 Å². The zero-order valence-electron chi connectivity index (χ0n) is 11.0. The van der Waals surface area contributed by atoms with Crippen LogP contribution in [0.25, 0.3) is 0 Å². The molecular formula is C16H14N2OS. The highest BCUT2D eigenvalue weighted by Gasteiger charge is 2.19. The number of aliphatic imine (C=N–C) groups is 1. The summed E-state index contributed by atoms with van der Waals surface area (Å²) in [5.74, 6) is 0.222. The lowest BCUT2D eigenvalue weighted by Gasteiger charge is -2.09. The minimum Gasteiger partial charge on any atom is -0.508 e. The Hall–Kier alpha value is -2.12. The molecule has 1 aliphatic rings. The van der Waals surface area contributed by atoms with Gasteiger partial charge in [0.1, 0.15) is 16.8 Å². The molecule has 0 atom stereocenters. The molecule has 1 N–H and O–H groups in total. The van der Waals surface area contributed by atoms with Crippen LogP contribution in [-0.2, 0) is 12.8 Å². The Morgan fingerprint density at radius 1 is 1.30 bits per heavy atom. The molecule has 0 aliphatic heterocycles. The second-order valence-electron chi connectivity index (χ2n) is 4.86. The highest BCUT2D eigenvalue weighted by molar-refractivity contribution is 7.16. The van der Waals surface area contributed by atoms with Crippen LogP contribution in [0.4, 0.5) is 5.00 Å². The van der Waals surface area contributed by atoms with Crippen molar-refractivity contribution in [3.05, 3.63) is 45.8 Å². The predicted octanol–water partition coefficient (Wildman–Crippen LogP) is 3.95. The Bertz CT molecular complexity index is 710. The van der Waals surface area contributed by atoms with Crippen molar-refractivity contribution in [3.63, 3.8) is 0 Å². The van der Waals surface area contributed by atoms with Gasteiger partial charge in [0.25, 0.3) is 0 Å². The number of fused-ring (bicyclic) bond motifs is 1. The van der Waals surface area contributed by atoms with Crippen molar-refractivity contribution in [2.45, 2.75) is 25.7 Å². The summed E-state index contributed by atoms with van der Waals surface area (Å²) in [6, 6.07) is 9.24. The first-order chi connectivity index (χ1) is 9.78. The van der Waals surface area contributed by atoms with Crippen molar-refractivity contribution in [3.8, 4) is 11.8 Å². The number of phenolic OH excluding ortho intramolecular Hbond substituents is 1. The minimum atomic E-state index is 0.222. The third-order valence-electron chi connectivity index (χ3n) is 3.47. The maximum atomic E-state index is 9.43. The Morgan fingerprint density at radius 3 is 2.95 bits per heavy atom. The van der Waals surface area contributed by atoms with Gasteiger partial charge in [-0.2, -0.15) is 5.26 Å². The van der Waals surface area contributed by atoms with Gasteiger partial charge in [-0.15, -0.1) is 11.3 Å². The third-order valence-corrected chi connectivity index (χ3v) is 4.67. The van der Waals surface area contributed by atoms with Gasteiger partial charge >= 0.3 is 0 Å². The van der Waals surface area contributed by atoms with Gasteiger partial charge in [0.05, 0.1) is 5.56 Å². The van der Waals surface area contributed by atoms with Gasteiger partial charge < -0.3 is 5.11 Å². The van der Waals surface area contributed by atoms with Crippen LogP contribution in [0.5, 0.6) is 5.75 Å². The molecule has 3 nitrogen and oxygen atoms in total. The first-order valence-corrected chi connectivity index (χ1v) is 7.47. The summed E-state index contributed by atoms with van der Waals surface area (Å²) in [6.45, 7) is 0. The van der Waals surface area contributed by atoms with Crippen LogP contribution in [-0.4, -0.2) is 11.3 Å². The standard InChI is InChI=1S/C16H14N2OS/c17-9-14-13-6-1-2-7-15(13)20-16(14)18-10-11-4-3-5-12(19)8-11/h3-5,8,10,19H,1-2,6-7H2. The molecule has 0 amide bonds. The Kier molecular flexibility index (Phi) is 3.53. The van der Waals surface area contributed by atoms with E-state index in [1.807, 2.05) is 6.07 Å². The number of aromatic hydroxyl groups is 1. The van der Waals surface area contributed by atoms with Crippen molar-refractivity contribution < 1.29 is 5.11 Å². The highest BCUT2D eigenvalue weighted by Crippen LogP contribution is 2.39. The van der Waals surface area contributed by atoms with E-state index in [4.69, 9.17) is 0 Å². The summed E-state index contributed by atoms with van der Waals surface area (Å²) in [7, 11) is 0. The molecular weight excluding hydrogens is 268 g/mol. The van der Waals surface area contributed by atoms with Crippen LogP contribution < -0.4 is 0 Å². The molecule has 1 aromatic heterocycles. The summed E-state index contributed by atoms with van der Waals surface area (Å²) in [5, 5.41) is 19.6. The van der Waals surface area contributed by atoms with E-state index in [0.717, 1.165) is 35.4 Å². The number of hydrogen-bond donors (Lipinski definition) is 1. The van der Waals surface area contributed by atoms with Gasteiger partial charge in [0.2, 0.25) is 0 Å². The van der Waals surface area contributed by atoms with Crippen LogP contribution in [0.3, 0.4) is 0 Å². The molecule has 0 unspecified atom stereocenters. The zero-order valence-corrected chi connectivity index (χ0v) is 11.8. The van der Waals surface area contributed by atoms with Crippen LogP contribution >= 0.6 is 11.3 Å². The normalized spacial score (nSPS) is 14.2. The topological polar surface area (TPSA) is 56.4 Å². The number of benzene rings is 1. The van der Waals surface area contributed by atoms with E-state index in [1.165, 1.54) is 16.9 Å². The number of hydrogen-bond acceptors (Lipinski definition) is 4. The molecule has 20 heavy (non-hydrogen) atoms. The van der Waals surface area contributed by atoms with E-state index in [9.17, 15) is 10.4 Å². The smallest absolute Gasteiger partial charge is 0.134 e. The average molecular weight is 282 g/mol. The number of thiophene rings is 1. The van der Waals surface area contributed by atoms with E-state index < -0.39 is 0 Å². The van der Waals surface area contributed by atoms with Crippen LogP contribution in [0, 0.1) is 11.3 Å². The van der Waals surface area contributed by atoms with Crippen LogP contribution in [0.1, 0.15) is 34.4 Å². The molecule has 0 radical (unpaired) electrons. The van der Waals surface area contributed by atoms with Gasteiger partial charge in [-0.1, -0.05) is 12.1 Å². The molecule has 0 fully saturated rings. The van der Waals surface area contributed by atoms with E-state index in [1.54, 1.807) is 35.8 Å². The van der Waals surface area contributed by atoms with E-state index in [0.29, 0.717) is 0 Å². The number of nitriles is 1. The fourth-order valence-electron chi connectivity index (χ4n) is 2.50. The first kappa shape index (κ1) is 12.9. The van der Waals surface area contributed by atoms with Crippen molar-refractivity contribution in [1.82, 2.24) is 0 Å². The fourth-order valence-corrected chi connectivity index (χ4v) is 3.68. The number of rotatable bonds is 2. The Balaban J connectivity index is 1.95. The second-order valence-corrected chi connectivity index (χ2v) is 5.94.